The number of carbonyl (C=O) groups is 2. The summed E-state index contributed by atoms with van der Waals surface area (Å²) in [7, 11) is 0. The van der Waals surface area contributed by atoms with E-state index in [4.69, 9.17) is 5.11 Å². The molecule has 1 aromatic heterocycles. The van der Waals surface area contributed by atoms with Crippen molar-refractivity contribution in [1.29, 1.82) is 0 Å². The van der Waals surface area contributed by atoms with Crippen molar-refractivity contribution in [3.05, 3.63) is 20.8 Å². The lowest BCUT2D eigenvalue weighted by Gasteiger charge is -2.03. The summed E-state index contributed by atoms with van der Waals surface area (Å²) in [4.78, 5) is 22.9. The van der Waals surface area contributed by atoms with Crippen LogP contribution in [-0.4, -0.2) is 23.5 Å². The van der Waals surface area contributed by atoms with Crippen LogP contribution in [0, 0.1) is 0 Å². The van der Waals surface area contributed by atoms with Crippen LogP contribution in [0.5, 0.6) is 0 Å². The van der Waals surface area contributed by atoms with Crippen LogP contribution < -0.4 is 5.32 Å². The molecule has 1 heterocycles. The van der Waals surface area contributed by atoms with Gasteiger partial charge < -0.3 is 10.4 Å². The molecule has 0 bridgehead atoms. The first-order valence-corrected chi connectivity index (χ1v) is 7.41. The number of amides is 1. The van der Waals surface area contributed by atoms with Crippen LogP contribution in [0.15, 0.2) is 15.9 Å². The molecule has 0 fully saturated rings. The van der Waals surface area contributed by atoms with Crippen molar-refractivity contribution in [2.75, 3.05) is 6.54 Å². The minimum atomic E-state index is -0.826. The Labute approximate surface area is 119 Å². The number of hydrogen-bond donors (Lipinski definition) is 2. The molecule has 1 amide bonds. The molecule has 4 nitrogen and oxygen atoms in total. The molecule has 0 unspecified atom stereocenters. The Bertz CT molecular complexity index is 406. The Balaban J connectivity index is 2.05. The normalized spacial score (nSPS) is 10.3. The molecule has 1 rings (SSSR count). The van der Waals surface area contributed by atoms with Gasteiger partial charge in [-0.15, -0.1) is 11.3 Å². The first-order chi connectivity index (χ1) is 8.58. The predicted octanol–water partition coefficient (Wildman–Crippen LogP) is 2.81. The SMILES string of the molecule is O=C(O)CCCNC(=O)CCCc1ccc(Br)s1. The van der Waals surface area contributed by atoms with Gasteiger partial charge in [0.1, 0.15) is 0 Å². The highest BCUT2D eigenvalue weighted by molar-refractivity contribution is 9.11. The molecule has 0 aliphatic rings. The van der Waals surface area contributed by atoms with Crippen molar-refractivity contribution >= 4 is 39.1 Å². The average molecular weight is 334 g/mol. The van der Waals surface area contributed by atoms with E-state index in [-0.39, 0.29) is 12.3 Å². The van der Waals surface area contributed by atoms with E-state index >= 15 is 0 Å². The van der Waals surface area contributed by atoms with Gasteiger partial charge in [-0.3, -0.25) is 9.59 Å². The summed E-state index contributed by atoms with van der Waals surface area (Å²) in [6.45, 7) is 0.440. The summed E-state index contributed by atoms with van der Waals surface area (Å²) in [5.74, 6) is -0.830. The smallest absolute Gasteiger partial charge is 0.303 e. The summed E-state index contributed by atoms with van der Waals surface area (Å²) in [5, 5.41) is 11.2. The maximum absolute atomic E-state index is 11.4. The van der Waals surface area contributed by atoms with E-state index in [0.29, 0.717) is 19.4 Å². The largest absolute Gasteiger partial charge is 0.481 e. The highest BCUT2D eigenvalue weighted by atomic mass is 79.9. The van der Waals surface area contributed by atoms with Crippen LogP contribution in [0.2, 0.25) is 0 Å². The second-order valence-electron chi connectivity index (χ2n) is 3.91. The Morgan fingerprint density at radius 1 is 1.28 bits per heavy atom. The van der Waals surface area contributed by atoms with E-state index in [1.807, 2.05) is 6.07 Å². The fourth-order valence-electron chi connectivity index (χ4n) is 1.47. The third kappa shape index (κ3) is 6.76. The van der Waals surface area contributed by atoms with Gasteiger partial charge in [-0.25, -0.2) is 0 Å². The molecule has 0 aliphatic carbocycles. The topological polar surface area (TPSA) is 66.4 Å². The number of aliphatic carboxylic acids is 1. The number of rotatable bonds is 8. The molecule has 2 N–H and O–H groups in total. The number of carboxylic acid groups (broad SMARTS) is 1. The van der Waals surface area contributed by atoms with Crippen molar-refractivity contribution in [2.24, 2.45) is 0 Å². The van der Waals surface area contributed by atoms with Gasteiger partial charge >= 0.3 is 5.97 Å². The predicted molar refractivity (Wildman–Crippen MR) is 74.8 cm³/mol. The molecule has 0 aromatic carbocycles. The van der Waals surface area contributed by atoms with Crippen molar-refractivity contribution in [3.63, 3.8) is 0 Å². The highest BCUT2D eigenvalue weighted by Gasteiger charge is 2.03. The molecule has 0 spiro atoms. The molecule has 0 aliphatic heterocycles. The third-order valence-electron chi connectivity index (χ3n) is 2.35. The van der Waals surface area contributed by atoms with Gasteiger partial charge in [0, 0.05) is 24.3 Å². The summed E-state index contributed by atoms with van der Waals surface area (Å²) >= 11 is 5.08. The van der Waals surface area contributed by atoms with Crippen molar-refractivity contribution < 1.29 is 14.7 Å². The molecular formula is C12H16BrNO3S. The van der Waals surface area contributed by atoms with Crippen molar-refractivity contribution in [2.45, 2.75) is 32.1 Å². The maximum atomic E-state index is 11.4. The van der Waals surface area contributed by atoms with Crippen LogP contribution in [0.1, 0.15) is 30.6 Å². The number of carbonyl (C=O) groups excluding carboxylic acids is 1. The van der Waals surface area contributed by atoms with E-state index in [9.17, 15) is 9.59 Å². The van der Waals surface area contributed by atoms with E-state index in [0.717, 1.165) is 16.6 Å². The van der Waals surface area contributed by atoms with Crippen LogP contribution in [0.3, 0.4) is 0 Å². The number of carboxylic acids is 1. The van der Waals surface area contributed by atoms with Crippen LogP contribution in [0.4, 0.5) is 0 Å². The van der Waals surface area contributed by atoms with Crippen molar-refractivity contribution in [3.8, 4) is 0 Å². The zero-order chi connectivity index (χ0) is 13.4. The zero-order valence-electron chi connectivity index (χ0n) is 9.95. The highest BCUT2D eigenvalue weighted by Crippen LogP contribution is 2.23. The summed E-state index contributed by atoms with van der Waals surface area (Å²) < 4.78 is 1.11. The van der Waals surface area contributed by atoms with E-state index in [2.05, 4.69) is 27.3 Å². The Hall–Kier alpha value is -0.880. The minimum absolute atomic E-state index is 0.00369. The van der Waals surface area contributed by atoms with Crippen molar-refractivity contribution in [1.82, 2.24) is 5.32 Å². The lowest BCUT2D eigenvalue weighted by molar-refractivity contribution is -0.137. The number of thiophene rings is 1. The average Bonchev–Trinajstić information content (AvgIpc) is 2.70. The molecule has 6 heteroatoms. The Kier molecular flexibility index (Phi) is 6.97. The van der Waals surface area contributed by atoms with Gasteiger partial charge in [-0.2, -0.15) is 0 Å². The third-order valence-corrected chi connectivity index (χ3v) is 4.03. The molecule has 1 aromatic rings. The first kappa shape index (κ1) is 15.2. The number of halogens is 1. The quantitative estimate of drug-likeness (QED) is 0.719. The molecule has 0 atom stereocenters. The zero-order valence-corrected chi connectivity index (χ0v) is 12.3. The standard InChI is InChI=1S/C12H16BrNO3S/c13-10-7-6-9(18-10)3-1-4-11(15)14-8-2-5-12(16)17/h6-7H,1-5,8H2,(H,14,15)(H,16,17). The Morgan fingerprint density at radius 2 is 2.06 bits per heavy atom. The maximum Gasteiger partial charge on any atom is 0.303 e. The summed E-state index contributed by atoms with van der Waals surface area (Å²) in [6, 6.07) is 4.06. The molecule has 0 saturated carbocycles. The molecule has 0 saturated heterocycles. The molecule has 18 heavy (non-hydrogen) atoms. The summed E-state index contributed by atoms with van der Waals surface area (Å²) in [5.41, 5.74) is 0. The van der Waals surface area contributed by atoms with E-state index in [1.165, 1.54) is 4.88 Å². The lowest BCUT2D eigenvalue weighted by Crippen LogP contribution is -2.24. The minimum Gasteiger partial charge on any atom is -0.481 e. The molecular weight excluding hydrogens is 318 g/mol. The second-order valence-corrected chi connectivity index (χ2v) is 6.45. The monoisotopic (exact) mass is 333 g/mol. The fourth-order valence-corrected chi connectivity index (χ4v) is 2.99. The van der Waals surface area contributed by atoms with Gasteiger partial charge in [0.15, 0.2) is 0 Å². The first-order valence-electron chi connectivity index (χ1n) is 5.80. The molecule has 0 radical (unpaired) electrons. The van der Waals surface area contributed by atoms with Gasteiger partial charge in [0.25, 0.3) is 0 Å². The molecule has 100 valence electrons. The van der Waals surface area contributed by atoms with Crippen LogP contribution >= 0.6 is 27.3 Å². The fraction of sp³-hybridized carbons (Fsp3) is 0.500. The van der Waals surface area contributed by atoms with Gasteiger partial charge in [0.05, 0.1) is 3.79 Å². The van der Waals surface area contributed by atoms with Crippen LogP contribution in [-0.2, 0) is 16.0 Å². The van der Waals surface area contributed by atoms with E-state index < -0.39 is 5.97 Å². The number of hydrogen-bond acceptors (Lipinski definition) is 3. The van der Waals surface area contributed by atoms with Gasteiger partial charge in [0.2, 0.25) is 5.91 Å². The van der Waals surface area contributed by atoms with Gasteiger partial charge in [-0.05, 0) is 47.3 Å². The van der Waals surface area contributed by atoms with E-state index in [1.54, 1.807) is 11.3 Å². The van der Waals surface area contributed by atoms with Crippen LogP contribution in [0.25, 0.3) is 0 Å². The van der Waals surface area contributed by atoms with Gasteiger partial charge in [-0.1, -0.05) is 0 Å². The number of aryl methyl sites for hydroxylation is 1. The Morgan fingerprint density at radius 3 is 2.67 bits per heavy atom. The summed E-state index contributed by atoms with van der Waals surface area (Å²) in [6.07, 6.45) is 2.79. The number of nitrogens with one attached hydrogen (secondary N) is 1. The lowest BCUT2D eigenvalue weighted by atomic mass is 10.2. The second kappa shape index (κ2) is 8.26.